The lowest BCUT2D eigenvalue weighted by Crippen LogP contribution is -2.27. The average Bonchev–Trinajstić information content (AvgIpc) is 3.00. The first kappa shape index (κ1) is 20.6. The van der Waals surface area contributed by atoms with E-state index in [4.69, 9.17) is 35.4 Å². The van der Waals surface area contributed by atoms with Gasteiger partial charge in [-0.25, -0.2) is 0 Å². The third kappa shape index (κ3) is 4.82. The molecule has 2 N–H and O–H groups in total. The fraction of sp³-hybridized carbons (Fsp3) is 0.250. The molecular formula is C20H20Cl2N4OS. The van der Waals surface area contributed by atoms with Crippen molar-refractivity contribution < 1.29 is 4.79 Å². The summed E-state index contributed by atoms with van der Waals surface area (Å²) in [5.41, 5.74) is 2.90. The van der Waals surface area contributed by atoms with Gasteiger partial charge in [0.2, 0.25) is 5.91 Å². The zero-order chi connectivity index (χ0) is 20.3. The number of nitrogens with one attached hydrogen (secondary N) is 2. The fourth-order valence-corrected chi connectivity index (χ4v) is 3.78. The first-order valence-corrected chi connectivity index (χ1v) is 9.98. The molecule has 28 heavy (non-hydrogen) atoms. The predicted molar refractivity (Wildman–Crippen MR) is 115 cm³/mol. The largest absolute Gasteiger partial charge is 0.349 e. The molecule has 1 aromatic heterocycles. The predicted octanol–water partition coefficient (Wildman–Crippen LogP) is 5.49. The number of hydrogen-bond acceptors (Lipinski definition) is 3. The molecule has 0 spiro atoms. The van der Waals surface area contributed by atoms with Gasteiger partial charge in [-0.3, -0.25) is 14.5 Å². The first-order chi connectivity index (χ1) is 13.3. The number of H-pyrrole nitrogens is 1. The Morgan fingerprint density at radius 3 is 2.79 bits per heavy atom. The van der Waals surface area contributed by atoms with E-state index in [0.29, 0.717) is 21.4 Å². The Bertz CT molecular complexity index is 1060. The summed E-state index contributed by atoms with van der Waals surface area (Å²) in [6, 6.07) is 13.0. The highest BCUT2D eigenvalue weighted by Crippen LogP contribution is 2.26. The maximum Gasteiger partial charge on any atom is 0.222 e. The average molecular weight is 435 g/mol. The van der Waals surface area contributed by atoms with Crippen LogP contribution in [0.1, 0.15) is 30.5 Å². The van der Waals surface area contributed by atoms with E-state index in [1.54, 1.807) is 12.1 Å². The van der Waals surface area contributed by atoms with Crippen LogP contribution in [0.5, 0.6) is 0 Å². The van der Waals surface area contributed by atoms with Gasteiger partial charge in [-0.15, -0.1) is 0 Å². The van der Waals surface area contributed by atoms with Crippen molar-refractivity contribution in [2.45, 2.75) is 32.9 Å². The van der Waals surface area contributed by atoms with Crippen molar-refractivity contribution in [3.8, 4) is 11.4 Å². The van der Waals surface area contributed by atoms with E-state index < -0.39 is 0 Å². The highest BCUT2D eigenvalue weighted by atomic mass is 35.5. The van der Waals surface area contributed by atoms with Gasteiger partial charge in [0.15, 0.2) is 10.6 Å². The minimum atomic E-state index is -0.231. The van der Waals surface area contributed by atoms with E-state index >= 15 is 0 Å². The molecule has 0 aliphatic heterocycles. The number of aryl methyl sites for hydroxylation is 1. The molecule has 0 unspecified atom stereocenters. The van der Waals surface area contributed by atoms with Crippen LogP contribution in [0.3, 0.4) is 0 Å². The van der Waals surface area contributed by atoms with Crippen molar-refractivity contribution in [3.63, 3.8) is 0 Å². The maximum atomic E-state index is 12.5. The van der Waals surface area contributed by atoms with Crippen LogP contribution < -0.4 is 5.32 Å². The van der Waals surface area contributed by atoms with Gasteiger partial charge < -0.3 is 5.32 Å². The van der Waals surface area contributed by atoms with E-state index in [0.717, 1.165) is 22.5 Å². The Kier molecular flexibility index (Phi) is 6.54. The molecule has 0 saturated heterocycles. The Hall–Kier alpha value is -2.15. The summed E-state index contributed by atoms with van der Waals surface area (Å²) >= 11 is 17.5. The van der Waals surface area contributed by atoms with E-state index in [2.05, 4.69) is 15.5 Å². The number of amides is 1. The minimum absolute atomic E-state index is 0.100. The van der Waals surface area contributed by atoms with Crippen LogP contribution in [0, 0.1) is 11.7 Å². The normalized spacial score (nSPS) is 12.0. The number of aromatic nitrogens is 3. The summed E-state index contributed by atoms with van der Waals surface area (Å²) in [6.45, 7) is 4.33. The maximum absolute atomic E-state index is 12.5. The summed E-state index contributed by atoms with van der Waals surface area (Å²) in [5, 5.41) is 11.2. The standard InChI is InChI=1S/C20H20Cl2N4OS/c1-12-4-3-5-14(10-12)19-24-25-20(28)26(19)9-8-18(27)23-13(2)16-7-6-15(21)11-17(16)22/h3-7,10-11,13H,8-9H2,1-2H3,(H,23,27)(H,25,28)/t13-/m0/s1. The van der Waals surface area contributed by atoms with E-state index in [1.807, 2.05) is 48.7 Å². The van der Waals surface area contributed by atoms with E-state index in [-0.39, 0.29) is 18.4 Å². The van der Waals surface area contributed by atoms with Crippen molar-refractivity contribution in [2.75, 3.05) is 0 Å². The number of rotatable bonds is 6. The molecule has 0 fully saturated rings. The van der Waals surface area contributed by atoms with Crippen LogP contribution in [0.2, 0.25) is 10.0 Å². The summed E-state index contributed by atoms with van der Waals surface area (Å²) in [5.74, 6) is 0.618. The number of halogens is 2. The van der Waals surface area contributed by atoms with E-state index in [1.165, 1.54) is 0 Å². The van der Waals surface area contributed by atoms with Crippen LogP contribution in [0.15, 0.2) is 42.5 Å². The number of benzene rings is 2. The minimum Gasteiger partial charge on any atom is -0.349 e. The molecule has 0 aliphatic carbocycles. The highest BCUT2D eigenvalue weighted by Gasteiger charge is 2.15. The first-order valence-electron chi connectivity index (χ1n) is 8.81. The van der Waals surface area contributed by atoms with Crippen LogP contribution in [-0.2, 0) is 11.3 Å². The van der Waals surface area contributed by atoms with Crippen LogP contribution in [-0.4, -0.2) is 20.7 Å². The number of carbonyl (C=O) groups is 1. The van der Waals surface area contributed by atoms with Gasteiger partial charge in [0.1, 0.15) is 0 Å². The second kappa shape index (κ2) is 8.90. The second-order valence-corrected chi connectivity index (χ2v) is 7.81. The third-order valence-electron chi connectivity index (χ3n) is 4.40. The summed E-state index contributed by atoms with van der Waals surface area (Å²) in [6.07, 6.45) is 0.266. The molecule has 1 atom stereocenters. The van der Waals surface area contributed by atoms with Crippen molar-refractivity contribution in [3.05, 3.63) is 68.4 Å². The summed E-state index contributed by atoms with van der Waals surface area (Å²) in [4.78, 5) is 12.5. The molecule has 8 heteroatoms. The van der Waals surface area contributed by atoms with Crippen molar-refractivity contribution in [1.29, 1.82) is 0 Å². The van der Waals surface area contributed by atoms with Gasteiger partial charge >= 0.3 is 0 Å². The molecule has 146 valence electrons. The Balaban J connectivity index is 1.68. The molecule has 5 nitrogen and oxygen atoms in total. The Labute approximate surface area is 178 Å². The van der Waals surface area contributed by atoms with Crippen LogP contribution >= 0.6 is 35.4 Å². The smallest absolute Gasteiger partial charge is 0.222 e. The molecule has 0 bridgehead atoms. The molecule has 0 radical (unpaired) electrons. The third-order valence-corrected chi connectivity index (χ3v) is 5.28. The van der Waals surface area contributed by atoms with Gasteiger partial charge in [-0.2, -0.15) is 5.10 Å². The van der Waals surface area contributed by atoms with Crippen molar-refractivity contribution in [2.24, 2.45) is 0 Å². The number of aromatic amines is 1. The van der Waals surface area contributed by atoms with Gasteiger partial charge in [-0.05, 0) is 49.8 Å². The topological polar surface area (TPSA) is 62.7 Å². The second-order valence-electron chi connectivity index (χ2n) is 6.58. The van der Waals surface area contributed by atoms with Crippen LogP contribution in [0.4, 0.5) is 0 Å². The molecule has 3 aromatic rings. The highest BCUT2D eigenvalue weighted by molar-refractivity contribution is 7.71. The zero-order valence-corrected chi connectivity index (χ0v) is 17.8. The van der Waals surface area contributed by atoms with E-state index in [9.17, 15) is 4.79 Å². The molecule has 2 aromatic carbocycles. The Morgan fingerprint density at radius 2 is 2.07 bits per heavy atom. The lowest BCUT2D eigenvalue weighted by Gasteiger charge is -2.16. The molecule has 1 amide bonds. The fourth-order valence-electron chi connectivity index (χ4n) is 2.99. The van der Waals surface area contributed by atoms with Crippen LogP contribution in [0.25, 0.3) is 11.4 Å². The molecule has 0 aliphatic rings. The number of carbonyl (C=O) groups excluding carboxylic acids is 1. The van der Waals surface area contributed by atoms with Gasteiger partial charge in [0.05, 0.1) is 6.04 Å². The van der Waals surface area contributed by atoms with Gasteiger partial charge in [-0.1, -0.05) is 53.0 Å². The molecule has 0 saturated carbocycles. The van der Waals surface area contributed by atoms with Gasteiger partial charge in [0.25, 0.3) is 0 Å². The lowest BCUT2D eigenvalue weighted by molar-refractivity contribution is -0.121. The molecular weight excluding hydrogens is 415 g/mol. The van der Waals surface area contributed by atoms with Crippen molar-refractivity contribution >= 4 is 41.3 Å². The summed E-state index contributed by atoms with van der Waals surface area (Å²) < 4.78 is 2.32. The van der Waals surface area contributed by atoms with Gasteiger partial charge in [0, 0.05) is 28.6 Å². The zero-order valence-electron chi connectivity index (χ0n) is 15.5. The monoisotopic (exact) mass is 434 g/mol. The Morgan fingerprint density at radius 1 is 1.29 bits per heavy atom. The number of hydrogen-bond donors (Lipinski definition) is 2. The summed E-state index contributed by atoms with van der Waals surface area (Å²) in [7, 11) is 0. The number of nitrogens with zero attached hydrogens (tertiary/aromatic N) is 2. The molecule has 3 rings (SSSR count). The SMILES string of the molecule is Cc1cccc(-c2n[nH]c(=S)n2CCC(=O)N[C@@H](C)c2ccc(Cl)cc2Cl)c1. The molecule has 1 heterocycles. The quantitative estimate of drug-likeness (QED) is 0.504. The van der Waals surface area contributed by atoms with Crippen molar-refractivity contribution in [1.82, 2.24) is 20.1 Å². The lowest BCUT2D eigenvalue weighted by atomic mass is 10.1.